The number of rotatable bonds is 1. The van der Waals surface area contributed by atoms with Gasteiger partial charge in [0.15, 0.2) is 0 Å². The lowest BCUT2D eigenvalue weighted by molar-refractivity contribution is 0.808. The monoisotopic (exact) mass is 200 g/mol. The Labute approximate surface area is 90.8 Å². The molecule has 1 heterocycles. The molecule has 0 saturated heterocycles. The first-order valence-electron chi connectivity index (χ1n) is 5.40. The minimum absolute atomic E-state index is 0.431. The van der Waals surface area contributed by atoms with Gasteiger partial charge in [0.1, 0.15) is 0 Å². The van der Waals surface area contributed by atoms with Crippen molar-refractivity contribution in [2.75, 3.05) is 0 Å². The zero-order valence-electron chi connectivity index (χ0n) is 9.44. The summed E-state index contributed by atoms with van der Waals surface area (Å²) in [6, 6.07) is 0. The number of hydrogen-bond donors (Lipinski definition) is 0. The third-order valence-electron chi connectivity index (χ3n) is 2.55. The molecule has 1 aliphatic rings. The molecular weight excluding hydrogens is 184 g/mol. The Morgan fingerprint density at radius 1 is 1.13 bits per heavy atom. The molecule has 0 aromatic carbocycles. The first-order chi connectivity index (χ1) is 7.16. The van der Waals surface area contributed by atoms with Gasteiger partial charge in [-0.25, -0.2) is 4.98 Å². The number of nitrogens with zero attached hydrogens (tertiary/aromatic N) is 2. The summed E-state index contributed by atoms with van der Waals surface area (Å²) in [6.07, 6.45) is 10.3. The highest BCUT2D eigenvalue weighted by Crippen LogP contribution is 2.18. The van der Waals surface area contributed by atoms with Gasteiger partial charge in [0.2, 0.25) is 0 Å². The average Bonchev–Trinajstić information content (AvgIpc) is 2.40. The lowest BCUT2D eigenvalue weighted by Gasteiger charge is -2.06. The van der Waals surface area contributed by atoms with Gasteiger partial charge in [0, 0.05) is 6.20 Å². The summed E-state index contributed by atoms with van der Waals surface area (Å²) >= 11 is 0. The van der Waals surface area contributed by atoms with Gasteiger partial charge in [-0.05, 0) is 24.0 Å². The minimum Gasteiger partial charge on any atom is -0.253 e. The van der Waals surface area contributed by atoms with Crippen LogP contribution in [0.25, 0.3) is 12.2 Å². The zero-order chi connectivity index (χ0) is 10.8. The van der Waals surface area contributed by atoms with E-state index in [1.54, 1.807) is 0 Å². The van der Waals surface area contributed by atoms with Crippen molar-refractivity contribution >= 4 is 12.2 Å². The molecule has 1 aromatic rings. The second kappa shape index (κ2) is 3.97. The van der Waals surface area contributed by atoms with Crippen LogP contribution in [0, 0.1) is 5.92 Å². The van der Waals surface area contributed by atoms with Crippen LogP contribution in [0.1, 0.15) is 43.8 Å². The van der Waals surface area contributed by atoms with Crippen LogP contribution in [0.3, 0.4) is 0 Å². The van der Waals surface area contributed by atoms with Crippen molar-refractivity contribution < 1.29 is 0 Å². The largest absolute Gasteiger partial charge is 0.253 e. The Morgan fingerprint density at radius 3 is 2.47 bits per heavy atom. The Kier molecular flexibility index (Phi) is 2.67. The van der Waals surface area contributed by atoms with Crippen molar-refractivity contribution in [2.45, 2.75) is 26.7 Å². The average molecular weight is 200 g/mol. The molecule has 0 saturated carbocycles. The summed E-state index contributed by atoms with van der Waals surface area (Å²) in [6.45, 7) is 6.42. The standard InChI is InChI=1S/C13H16N2/c1-9(2)13-8-14-11-6-4-10(3)5-7-12(11)15-13/h4-10H,1-3H3. The van der Waals surface area contributed by atoms with E-state index in [4.69, 9.17) is 0 Å². The van der Waals surface area contributed by atoms with Crippen LogP contribution in [-0.4, -0.2) is 9.97 Å². The van der Waals surface area contributed by atoms with Gasteiger partial charge >= 0.3 is 0 Å². The molecule has 1 aliphatic carbocycles. The predicted octanol–water partition coefficient (Wildman–Crippen LogP) is 3.28. The van der Waals surface area contributed by atoms with Crippen LogP contribution in [-0.2, 0) is 0 Å². The molecule has 1 unspecified atom stereocenters. The molecule has 1 aromatic heterocycles. The van der Waals surface area contributed by atoms with Gasteiger partial charge in [-0.2, -0.15) is 0 Å². The van der Waals surface area contributed by atoms with Crippen molar-refractivity contribution in [3.05, 3.63) is 35.4 Å². The van der Waals surface area contributed by atoms with Gasteiger partial charge in [-0.3, -0.25) is 4.98 Å². The first kappa shape index (κ1) is 10.1. The van der Waals surface area contributed by atoms with Crippen LogP contribution in [0.2, 0.25) is 0 Å². The van der Waals surface area contributed by atoms with Gasteiger partial charge in [0.05, 0.1) is 17.1 Å². The van der Waals surface area contributed by atoms with Crippen LogP contribution >= 0.6 is 0 Å². The third kappa shape index (κ3) is 2.14. The van der Waals surface area contributed by atoms with E-state index in [9.17, 15) is 0 Å². The van der Waals surface area contributed by atoms with E-state index < -0.39 is 0 Å². The highest BCUT2D eigenvalue weighted by Gasteiger charge is 2.08. The fourth-order valence-corrected chi connectivity index (χ4v) is 1.51. The van der Waals surface area contributed by atoms with Gasteiger partial charge in [-0.15, -0.1) is 0 Å². The molecule has 0 spiro atoms. The Balaban J connectivity index is 2.46. The maximum absolute atomic E-state index is 4.61. The van der Waals surface area contributed by atoms with Crippen molar-refractivity contribution in [3.8, 4) is 0 Å². The maximum Gasteiger partial charge on any atom is 0.0887 e. The number of hydrogen-bond acceptors (Lipinski definition) is 2. The van der Waals surface area contributed by atoms with E-state index in [1.165, 1.54) is 0 Å². The molecule has 0 amide bonds. The summed E-state index contributed by atoms with van der Waals surface area (Å²) in [5.41, 5.74) is 3.02. The van der Waals surface area contributed by atoms with Crippen LogP contribution in [0.5, 0.6) is 0 Å². The topological polar surface area (TPSA) is 25.8 Å². The van der Waals surface area contributed by atoms with Gasteiger partial charge in [0.25, 0.3) is 0 Å². The summed E-state index contributed by atoms with van der Waals surface area (Å²) in [5, 5.41) is 0. The van der Waals surface area contributed by atoms with E-state index >= 15 is 0 Å². The fraction of sp³-hybridized carbons (Fsp3) is 0.385. The number of fused-ring (bicyclic) bond motifs is 1. The molecule has 1 atom stereocenters. The Bertz CT molecular complexity index is 417. The van der Waals surface area contributed by atoms with Gasteiger partial charge in [-0.1, -0.05) is 32.9 Å². The number of allylic oxidation sites excluding steroid dienone is 2. The Morgan fingerprint density at radius 2 is 1.80 bits per heavy atom. The fourth-order valence-electron chi connectivity index (χ4n) is 1.51. The van der Waals surface area contributed by atoms with Crippen molar-refractivity contribution in [1.82, 2.24) is 9.97 Å². The molecule has 15 heavy (non-hydrogen) atoms. The van der Waals surface area contributed by atoms with E-state index in [0.717, 1.165) is 17.1 Å². The van der Waals surface area contributed by atoms with E-state index in [1.807, 2.05) is 6.20 Å². The molecule has 2 heteroatoms. The molecule has 2 rings (SSSR count). The molecule has 0 radical (unpaired) electrons. The second-order valence-electron chi connectivity index (χ2n) is 4.30. The predicted molar refractivity (Wildman–Crippen MR) is 63.4 cm³/mol. The Hall–Kier alpha value is -1.44. The highest BCUT2D eigenvalue weighted by atomic mass is 14.8. The summed E-state index contributed by atoms with van der Waals surface area (Å²) < 4.78 is 0. The molecule has 0 N–H and O–H groups in total. The smallest absolute Gasteiger partial charge is 0.0887 e. The van der Waals surface area contributed by atoms with Crippen LogP contribution < -0.4 is 0 Å². The highest BCUT2D eigenvalue weighted by molar-refractivity contribution is 5.62. The van der Waals surface area contributed by atoms with Crippen LogP contribution in [0.15, 0.2) is 18.3 Å². The van der Waals surface area contributed by atoms with Crippen molar-refractivity contribution in [1.29, 1.82) is 0 Å². The SMILES string of the molecule is CC1C=Cc2ncc(C(C)C)nc2C=C1. The summed E-state index contributed by atoms with van der Waals surface area (Å²) in [7, 11) is 0. The third-order valence-corrected chi connectivity index (χ3v) is 2.55. The molecule has 0 fully saturated rings. The molecule has 0 aliphatic heterocycles. The molecular formula is C13H16N2. The lowest BCUT2D eigenvalue weighted by Crippen LogP contribution is -1.99. The van der Waals surface area contributed by atoms with Crippen molar-refractivity contribution in [2.24, 2.45) is 5.92 Å². The lowest BCUT2D eigenvalue weighted by atomic mass is 10.1. The zero-order valence-corrected chi connectivity index (χ0v) is 9.44. The van der Waals surface area contributed by atoms with Crippen molar-refractivity contribution in [3.63, 3.8) is 0 Å². The van der Waals surface area contributed by atoms with E-state index in [0.29, 0.717) is 11.8 Å². The van der Waals surface area contributed by atoms with E-state index in [2.05, 4.69) is 55.0 Å². The van der Waals surface area contributed by atoms with Crippen LogP contribution in [0.4, 0.5) is 0 Å². The molecule has 2 nitrogen and oxygen atoms in total. The molecule has 78 valence electrons. The normalized spacial score (nSPS) is 19.1. The van der Waals surface area contributed by atoms with Gasteiger partial charge < -0.3 is 0 Å². The molecule has 0 bridgehead atoms. The first-order valence-corrected chi connectivity index (χ1v) is 5.40. The minimum atomic E-state index is 0.431. The quantitative estimate of drug-likeness (QED) is 0.695. The number of aromatic nitrogens is 2. The van der Waals surface area contributed by atoms with E-state index in [-0.39, 0.29) is 0 Å². The maximum atomic E-state index is 4.61. The summed E-state index contributed by atoms with van der Waals surface area (Å²) in [5.74, 6) is 0.893. The summed E-state index contributed by atoms with van der Waals surface area (Å²) in [4.78, 5) is 9.04. The second-order valence-corrected chi connectivity index (χ2v) is 4.30.